The summed E-state index contributed by atoms with van der Waals surface area (Å²) in [6, 6.07) is 13.8. The number of carbonyl (C=O) groups is 3. The van der Waals surface area contributed by atoms with Crippen molar-refractivity contribution >= 4 is 80.3 Å². The highest BCUT2D eigenvalue weighted by atomic mass is 79.9. The predicted octanol–water partition coefficient (Wildman–Crippen LogP) is 6.66. The van der Waals surface area contributed by atoms with Crippen molar-refractivity contribution in [3.63, 3.8) is 0 Å². The Labute approximate surface area is 229 Å². The van der Waals surface area contributed by atoms with Gasteiger partial charge in [0.2, 0.25) is 0 Å². The fraction of sp³-hybridized carbons (Fsp3) is 0.0800. The van der Waals surface area contributed by atoms with Gasteiger partial charge in [-0.1, -0.05) is 56.8 Å². The largest absolute Gasteiger partial charge is 0.493 e. The van der Waals surface area contributed by atoms with Crippen molar-refractivity contribution in [1.82, 2.24) is 5.32 Å². The summed E-state index contributed by atoms with van der Waals surface area (Å²) in [4.78, 5) is 38.9. The Bertz CT molecular complexity index is 1410. The topological polar surface area (TPSA) is 84.9 Å². The number of imide groups is 2. The Morgan fingerprint density at radius 2 is 1.69 bits per heavy atom. The zero-order valence-electron chi connectivity index (χ0n) is 18.5. The van der Waals surface area contributed by atoms with E-state index in [1.165, 1.54) is 19.3 Å². The molecule has 36 heavy (non-hydrogen) atoms. The van der Waals surface area contributed by atoms with Crippen LogP contribution >= 0.6 is 50.7 Å². The molecule has 4 rings (SSSR count). The first-order chi connectivity index (χ1) is 17.2. The third-order valence-corrected chi connectivity index (χ3v) is 6.53. The first-order valence-corrected chi connectivity index (χ1v) is 12.2. The number of anilines is 1. The summed E-state index contributed by atoms with van der Waals surface area (Å²) >= 11 is 21.9. The number of amides is 4. The molecule has 1 saturated heterocycles. The number of nitrogens with one attached hydrogen (secondary N) is 1. The quantitative estimate of drug-likeness (QED) is 0.249. The first kappa shape index (κ1) is 26.0. The normalized spacial score (nSPS) is 14.8. The van der Waals surface area contributed by atoms with Gasteiger partial charge in [-0.25, -0.2) is 9.69 Å². The predicted molar refractivity (Wildman–Crippen MR) is 142 cm³/mol. The van der Waals surface area contributed by atoms with E-state index in [0.717, 1.165) is 9.37 Å². The van der Waals surface area contributed by atoms with Crippen LogP contribution in [0.5, 0.6) is 11.5 Å². The number of benzene rings is 3. The van der Waals surface area contributed by atoms with Gasteiger partial charge in [0.05, 0.1) is 17.8 Å². The molecule has 1 N–H and O–H groups in total. The van der Waals surface area contributed by atoms with Crippen molar-refractivity contribution in [2.45, 2.75) is 6.61 Å². The molecule has 0 aliphatic carbocycles. The second-order valence-electron chi connectivity index (χ2n) is 7.49. The lowest BCUT2D eigenvalue weighted by molar-refractivity contribution is -0.122. The van der Waals surface area contributed by atoms with Crippen LogP contribution in [0.25, 0.3) is 6.08 Å². The lowest BCUT2D eigenvalue weighted by atomic mass is 10.1. The van der Waals surface area contributed by atoms with Crippen LogP contribution in [-0.2, 0) is 16.2 Å². The van der Waals surface area contributed by atoms with Crippen LogP contribution in [0.4, 0.5) is 10.5 Å². The highest BCUT2D eigenvalue weighted by Crippen LogP contribution is 2.38. The summed E-state index contributed by atoms with van der Waals surface area (Å²) in [6.07, 6.45) is 1.32. The molecule has 0 unspecified atom stereocenters. The van der Waals surface area contributed by atoms with Gasteiger partial charge in [-0.3, -0.25) is 14.9 Å². The van der Waals surface area contributed by atoms with Crippen molar-refractivity contribution in [2.75, 3.05) is 12.0 Å². The Morgan fingerprint density at radius 1 is 0.972 bits per heavy atom. The van der Waals surface area contributed by atoms with Gasteiger partial charge in [0.1, 0.15) is 12.2 Å². The van der Waals surface area contributed by atoms with Crippen LogP contribution < -0.4 is 19.7 Å². The molecule has 0 bridgehead atoms. The molecule has 1 aliphatic heterocycles. The number of urea groups is 1. The Balaban J connectivity index is 1.64. The molecule has 1 fully saturated rings. The SMILES string of the molecule is COc1cc(/C=C2\C(=O)NC(=O)N(c3ccc(Br)cc3)C2=O)cc(Cl)c1OCc1ccc(Cl)cc1Cl. The summed E-state index contributed by atoms with van der Waals surface area (Å²) in [5.74, 6) is -1.09. The van der Waals surface area contributed by atoms with E-state index in [9.17, 15) is 14.4 Å². The lowest BCUT2D eigenvalue weighted by Crippen LogP contribution is -2.54. The molecule has 3 aromatic carbocycles. The average molecular weight is 611 g/mol. The fourth-order valence-corrected chi connectivity index (χ4v) is 4.40. The number of methoxy groups -OCH3 is 1. The summed E-state index contributed by atoms with van der Waals surface area (Å²) in [7, 11) is 1.43. The van der Waals surface area contributed by atoms with Gasteiger partial charge in [0.25, 0.3) is 11.8 Å². The standard InChI is InChI=1S/C25H16BrCl3N2O5/c1-35-21-10-13(9-20(29)22(21)36-12-14-2-5-16(27)11-19(14)28)8-18-23(32)30-25(34)31(24(18)33)17-6-3-15(26)4-7-17/h2-11H,12H2,1H3,(H,30,32,34)/b18-8+. The molecular formula is C25H16BrCl3N2O5. The first-order valence-electron chi connectivity index (χ1n) is 10.3. The molecule has 4 amide bonds. The molecule has 0 atom stereocenters. The number of carbonyl (C=O) groups excluding carboxylic acids is 3. The van der Waals surface area contributed by atoms with Crippen molar-refractivity contribution in [3.05, 3.63) is 90.8 Å². The summed E-state index contributed by atoms with van der Waals surface area (Å²) in [6.45, 7) is 0.0949. The smallest absolute Gasteiger partial charge is 0.335 e. The maximum absolute atomic E-state index is 13.1. The van der Waals surface area contributed by atoms with E-state index in [1.807, 2.05) is 0 Å². The number of hydrogen-bond donors (Lipinski definition) is 1. The molecule has 7 nitrogen and oxygen atoms in total. The highest BCUT2D eigenvalue weighted by Gasteiger charge is 2.36. The number of halogens is 4. The maximum atomic E-state index is 13.1. The van der Waals surface area contributed by atoms with Gasteiger partial charge in [0.15, 0.2) is 11.5 Å². The van der Waals surface area contributed by atoms with Gasteiger partial charge in [-0.05, 0) is 60.2 Å². The molecule has 11 heteroatoms. The maximum Gasteiger partial charge on any atom is 0.335 e. The minimum atomic E-state index is -0.843. The molecule has 0 aromatic heterocycles. The Morgan fingerprint density at radius 3 is 2.36 bits per heavy atom. The number of rotatable bonds is 6. The average Bonchev–Trinajstić information content (AvgIpc) is 2.83. The summed E-state index contributed by atoms with van der Waals surface area (Å²) in [5.41, 5.74) is 1.13. The second kappa shape index (κ2) is 10.9. The summed E-state index contributed by atoms with van der Waals surface area (Å²) in [5, 5.41) is 3.29. The van der Waals surface area contributed by atoms with Gasteiger partial charge in [-0.2, -0.15) is 0 Å². The van der Waals surface area contributed by atoms with E-state index in [1.54, 1.807) is 48.5 Å². The second-order valence-corrected chi connectivity index (χ2v) is 9.66. The molecule has 0 saturated carbocycles. The molecule has 0 spiro atoms. The molecule has 0 radical (unpaired) electrons. The zero-order chi connectivity index (χ0) is 26.0. The van der Waals surface area contributed by atoms with E-state index in [4.69, 9.17) is 44.3 Å². The van der Waals surface area contributed by atoms with Crippen LogP contribution in [0, 0.1) is 0 Å². The van der Waals surface area contributed by atoms with Crippen LogP contribution in [0.1, 0.15) is 11.1 Å². The number of nitrogens with zero attached hydrogens (tertiary/aromatic N) is 1. The van der Waals surface area contributed by atoms with E-state index in [0.29, 0.717) is 26.9 Å². The van der Waals surface area contributed by atoms with Crippen LogP contribution in [-0.4, -0.2) is 25.0 Å². The van der Waals surface area contributed by atoms with Crippen LogP contribution in [0.15, 0.2) is 64.6 Å². The number of ether oxygens (including phenoxy) is 2. The lowest BCUT2D eigenvalue weighted by Gasteiger charge is -2.26. The van der Waals surface area contributed by atoms with Crippen LogP contribution in [0.2, 0.25) is 15.1 Å². The minimum absolute atomic E-state index is 0.0949. The number of hydrogen-bond acceptors (Lipinski definition) is 5. The third kappa shape index (κ3) is 5.52. The Hall–Kier alpha value is -3.04. The highest BCUT2D eigenvalue weighted by molar-refractivity contribution is 9.10. The zero-order valence-corrected chi connectivity index (χ0v) is 22.3. The van der Waals surface area contributed by atoms with E-state index >= 15 is 0 Å². The van der Waals surface area contributed by atoms with E-state index < -0.39 is 17.8 Å². The third-order valence-electron chi connectivity index (χ3n) is 5.14. The Kier molecular flexibility index (Phi) is 7.90. The van der Waals surface area contributed by atoms with Crippen molar-refractivity contribution < 1.29 is 23.9 Å². The van der Waals surface area contributed by atoms with Gasteiger partial charge in [-0.15, -0.1) is 0 Å². The molecular weight excluding hydrogens is 595 g/mol. The minimum Gasteiger partial charge on any atom is -0.493 e. The molecule has 1 heterocycles. The molecule has 184 valence electrons. The van der Waals surface area contributed by atoms with Crippen molar-refractivity contribution in [1.29, 1.82) is 0 Å². The molecule has 3 aromatic rings. The van der Waals surface area contributed by atoms with Gasteiger partial charge in [0, 0.05) is 20.1 Å². The fourth-order valence-electron chi connectivity index (χ4n) is 3.40. The van der Waals surface area contributed by atoms with E-state index in [2.05, 4.69) is 21.2 Å². The van der Waals surface area contributed by atoms with Crippen molar-refractivity contribution in [3.8, 4) is 11.5 Å². The van der Waals surface area contributed by atoms with Crippen molar-refractivity contribution in [2.24, 2.45) is 0 Å². The summed E-state index contributed by atoms with van der Waals surface area (Å²) < 4.78 is 12.0. The van der Waals surface area contributed by atoms with Crippen LogP contribution in [0.3, 0.4) is 0 Å². The molecule has 1 aliphatic rings. The van der Waals surface area contributed by atoms with Gasteiger partial charge >= 0.3 is 6.03 Å². The monoisotopic (exact) mass is 608 g/mol. The van der Waals surface area contributed by atoms with Gasteiger partial charge < -0.3 is 9.47 Å². The number of barbiturate groups is 1. The van der Waals surface area contributed by atoms with E-state index in [-0.39, 0.29) is 28.7 Å².